The Morgan fingerprint density at radius 2 is 1.93 bits per heavy atom. The summed E-state index contributed by atoms with van der Waals surface area (Å²) in [7, 11) is 0. The predicted octanol–water partition coefficient (Wildman–Crippen LogP) is 1.99. The van der Waals surface area contributed by atoms with Gasteiger partial charge in [0, 0.05) is 17.8 Å². The molecule has 14 heavy (non-hydrogen) atoms. The second-order valence-corrected chi connectivity index (χ2v) is 3.44. The van der Waals surface area contributed by atoms with E-state index in [0.29, 0.717) is 11.6 Å². The lowest BCUT2D eigenvalue weighted by Gasteiger charge is -2.15. The van der Waals surface area contributed by atoms with Gasteiger partial charge in [-0.1, -0.05) is 23.7 Å². The standard InChI is InChI=1S/C10H9ClN2O/c11-9-3-1-7(2-4-9)8-5-12-10(14)13-6-8/h1-5H,6H2,(H2,12,13,14). The molecule has 3 nitrogen and oxygen atoms in total. The van der Waals surface area contributed by atoms with Gasteiger partial charge in [0.15, 0.2) is 0 Å². The van der Waals surface area contributed by atoms with E-state index < -0.39 is 0 Å². The maximum Gasteiger partial charge on any atom is 0.319 e. The van der Waals surface area contributed by atoms with Gasteiger partial charge in [-0.25, -0.2) is 4.79 Å². The van der Waals surface area contributed by atoms with Gasteiger partial charge in [-0.2, -0.15) is 0 Å². The lowest BCUT2D eigenvalue weighted by atomic mass is 10.1. The summed E-state index contributed by atoms with van der Waals surface area (Å²) in [6.07, 6.45) is 1.71. The van der Waals surface area contributed by atoms with Crippen molar-refractivity contribution < 1.29 is 4.79 Å². The zero-order valence-electron chi connectivity index (χ0n) is 7.38. The van der Waals surface area contributed by atoms with Crippen molar-refractivity contribution in [1.82, 2.24) is 10.6 Å². The highest BCUT2D eigenvalue weighted by Gasteiger charge is 2.09. The van der Waals surface area contributed by atoms with Crippen LogP contribution >= 0.6 is 11.6 Å². The van der Waals surface area contributed by atoms with Crippen LogP contribution < -0.4 is 10.6 Å². The molecule has 0 aromatic heterocycles. The van der Waals surface area contributed by atoms with Gasteiger partial charge in [0.05, 0.1) is 0 Å². The number of hydrogen-bond donors (Lipinski definition) is 2. The van der Waals surface area contributed by atoms with Crippen LogP contribution in [0, 0.1) is 0 Å². The van der Waals surface area contributed by atoms with Gasteiger partial charge in [0.1, 0.15) is 0 Å². The van der Waals surface area contributed by atoms with Gasteiger partial charge in [-0.15, -0.1) is 0 Å². The number of halogens is 1. The lowest BCUT2D eigenvalue weighted by molar-refractivity contribution is 0.244. The van der Waals surface area contributed by atoms with Crippen LogP contribution in [0.25, 0.3) is 5.57 Å². The summed E-state index contributed by atoms with van der Waals surface area (Å²) in [6.45, 7) is 0.549. The summed E-state index contributed by atoms with van der Waals surface area (Å²) in [5.74, 6) is 0. The van der Waals surface area contributed by atoms with Crippen molar-refractivity contribution in [1.29, 1.82) is 0 Å². The van der Waals surface area contributed by atoms with Crippen molar-refractivity contribution >= 4 is 23.2 Å². The Labute approximate surface area is 86.8 Å². The van der Waals surface area contributed by atoms with Crippen molar-refractivity contribution in [3.05, 3.63) is 41.1 Å². The van der Waals surface area contributed by atoms with E-state index in [2.05, 4.69) is 10.6 Å². The molecule has 2 rings (SSSR count). The molecule has 0 radical (unpaired) electrons. The number of rotatable bonds is 1. The Hall–Kier alpha value is -1.48. The fraction of sp³-hybridized carbons (Fsp3) is 0.100. The molecule has 1 aromatic carbocycles. The Kier molecular flexibility index (Phi) is 2.41. The first-order valence-corrected chi connectivity index (χ1v) is 4.63. The quantitative estimate of drug-likeness (QED) is 0.728. The number of carbonyl (C=O) groups excluding carboxylic acids is 1. The third-order valence-corrected chi connectivity index (χ3v) is 2.28. The van der Waals surface area contributed by atoms with Crippen LogP contribution in [-0.4, -0.2) is 12.6 Å². The fourth-order valence-corrected chi connectivity index (χ4v) is 1.41. The van der Waals surface area contributed by atoms with Gasteiger partial charge in [-0.05, 0) is 23.3 Å². The Morgan fingerprint density at radius 1 is 1.21 bits per heavy atom. The van der Waals surface area contributed by atoms with Crippen LogP contribution in [0.1, 0.15) is 5.56 Å². The molecule has 2 N–H and O–H groups in total. The molecule has 1 aliphatic rings. The van der Waals surface area contributed by atoms with Crippen molar-refractivity contribution in [3.8, 4) is 0 Å². The first-order valence-electron chi connectivity index (χ1n) is 4.25. The molecule has 2 amide bonds. The van der Waals surface area contributed by atoms with Crippen LogP contribution in [0.2, 0.25) is 5.02 Å². The number of benzene rings is 1. The smallest absolute Gasteiger partial charge is 0.319 e. The number of nitrogens with one attached hydrogen (secondary N) is 2. The Bertz CT molecular complexity index is 384. The molecule has 0 aliphatic carbocycles. The van der Waals surface area contributed by atoms with Gasteiger partial charge in [-0.3, -0.25) is 0 Å². The normalized spacial score (nSPS) is 15.5. The zero-order chi connectivity index (χ0) is 9.97. The van der Waals surface area contributed by atoms with Gasteiger partial charge < -0.3 is 10.6 Å². The van der Waals surface area contributed by atoms with Crippen molar-refractivity contribution in [2.45, 2.75) is 0 Å². The molecule has 1 aliphatic heterocycles. The molecule has 0 saturated carbocycles. The molecule has 0 bridgehead atoms. The summed E-state index contributed by atoms with van der Waals surface area (Å²) in [5.41, 5.74) is 2.10. The third-order valence-electron chi connectivity index (χ3n) is 2.03. The van der Waals surface area contributed by atoms with Crippen LogP contribution in [0.5, 0.6) is 0 Å². The van der Waals surface area contributed by atoms with E-state index >= 15 is 0 Å². The second kappa shape index (κ2) is 3.72. The molecule has 0 fully saturated rings. The highest BCUT2D eigenvalue weighted by Crippen LogP contribution is 2.17. The second-order valence-electron chi connectivity index (χ2n) is 3.00. The number of carbonyl (C=O) groups is 1. The van der Waals surface area contributed by atoms with Crippen molar-refractivity contribution in [3.63, 3.8) is 0 Å². The minimum atomic E-state index is -0.164. The highest BCUT2D eigenvalue weighted by molar-refractivity contribution is 6.30. The summed E-state index contributed by atoms with van der Waals surface area (Å²) in [6, 6.07) is 7.34. The van der Waals surface area contributed by atoms with Gasteiger partial charge in [0.25, 0.3) is 0 Å². The van der Waals surface area contributed by atoms with E-state index in [1.165, 1.54) is 0 Å². The number of urea groups is 1. The SMILES string of the molecule is O=C1NC=C(c2ccc(Cl)cc2)CN1. The highest BCUT2D eigenvalue weighted by atomic mass is 35.5. The molecule has 0 saturated heterocycles. The fourth-order valence-electron chi connectivity index (χ4n) is 1.28. The zero-order valence-corrected chi connectivity index (χ0v) is 8.14. The van der Waals surface area contributed by atoms with E-state index in [-0.39, 0.29) is 6.03 Å². The summed E-state index contributed by atoms with van der Waals surface area (Å²) in [5, 5.41) is 6.00. The predicted molar refractivity (Wildman–Crippen MR) is 56.0 cm³/mol. The Balaban J connectivity index is 2.23. The molecule has 72 valence electrons. The molecule has 1 aromatic rings. The van der Waals surface area contributed by atoms with Gasteiger partial charge >= 0.3 is 6.03 Å². The topological polar surface area (TPSA) is 41.1 Å². The Morgan fingerprint density at radius 3 is 2.50 bits per heavy atom. The minimum absolute atomic E-state index is 0.164. The van der Waals surface area contributed by atoms with E-state index in [0.717, 1.165) is 11.1 Å². The molecule has 4 heteroatoms. The summed E-state index contributed by atoms with van der Waals surface area (Å²) < 4.78 is 0. The van der Waals surface area contributed by atoms with Crippen LogP contribution in [0.3, 0.4) is 0 Å². The van der Waals surface area contributed by atoms with Crippen molar-refractivity contribution in [2.24, 2.45) is 0 Å². The number of amides is 2. The first kappa shape index (κ1) is 9.09. The first-order chi connectivity index (χ1) is 6.75. The van der Waals surface area contributed by atoms with E-state index in [9.17, 15) is 4.79 Å². The van der Waals surface area contributed by atoms with Crippen molar-refractivity contribution in [2.75, 3.05) is 6.54 Å². The van der Waals surface area contributed by atoms with E-state index in [1.807, 2.05) is 24.3 Å². The third kappa shape index (κ3) is 1.88. The average Bonchev–Trinajstić information content (AvgIpc) is 2.21. The number of hydrogen-bond acceptors (Lipinski definition) is 1. The molecule has 0 spiro atoms. The molecular formula is C10H9ClN2O. The van der Waals surface area contributed by atoms with E-state index in [1.54, 1.807) is 6.20 Å². The molecule has 0 unspecified atom stereocenters. The van der Waals surface area contributed by atoms with Gasteiger partial charge in [0.2, 0.25) is 0 Å². The largest absolute Gasteiger partial charge is 0.334 e. The van der Waals surface area contributed by atoms with Crippen LogP contribution in [-0.2, 0) is 0 Å². The van der Waals surface area contributed by atoms with Crippen LogP contribution in [0.4, 0.5) is 4.79 Å². The monoisotopic (exact) mass is 208 g/mol. The summed E-state index contributed by atoms with van der Waals surface area (Å²) in [4.78, 5) is 10.8. The lowest BCUT2D eigenvalue weighted by Crippen LogP contribution is -2.37. The maximum absolute atomic E-state index is 10.8. The van der Waals surface area contributed by atoms with Crippen LogP contribution in [0.15, 0.2) is 30.5 Å². The average molecular weight is 209 g/mol. The minimum Gasteiger partial charge on any atom is -0.334 e. The summed E-state index contributed by atoms with van der Waals surface area (Å²) >= 11 is 5.77. The molecular weight excluding hydrogens is 200 g/mol. The molecule has 1 heterocycles. The maximum atomic E-state index is 10.8. The van der Waals surface area contributed by atoms with E-state index in [4.69, 9.17) is 11.6 Å². The molecule has 0 atom stereocenters.